The molecule has 2 aromatic carbocycles. The third-order valence-corrected chi connectivity index (χ3v) is 7.01. The molecular weight excluding hydrogens is 481 g/mol. The van der Waals surface area contributed by atoms with Gasteiger partial charge in [-0.25, -0.2) is 0 Å². The molecule has 5 nitrogen and oxygen atoms in total. The van der Waals surface area contributed by atoms with Gasteiger partial charge in [-0.05, 0) is 53.1 Å². The number of Topliss-reactive ketones (excluding diaryl/α,β-unsaturated/α-hetero) is 1. The molecule has 0 saturated carbocycles. The lowest BCUT2D eigenvalue weighted by Crippen LogP contribution is -2.45. The van der Waals surface area contributed by atoms with Crippen molar-refractivity contribution < 1.29 is 27.2 Å². The van der Waals surface area contributed by atoms with Gasteiger partial charge in [-0.3, -0.25) is 14.5 Å². The molecule has 37 heavy (non-hydrogen) atoms. The molecule has 3 aromatic rings. The summed E-state index contributed by atoms with van der Waals surface area (Å²) in [7, 11) is 0. The Bertz CT molecular complexity index is 1370. The SMILES string of the molecule is CC(C)(C)c1ccc([C@H]2CC(=O)C3=C(C2)Nc2ccccc2N(C(=O)C(F)(F)F)[C@@H]3c2ccco2)cc1. The molecule has 2 atom stereocenters. The van der Waals surface area contributed by atoms with Gasteiger partial charge in [0.1, 0.15) is 11.8 Å². The van der Waals surface area contributed by atoms with Crippen molar-refractivity contribution in [3.8, 4) is 0 Å². The maximum Gasteiger partial charge on any atom is 0.471 e. The highest BCUT2D eigenvalue weighted by atomic mass is 19.4. The molecule has 1 N–H and O–H groups in total. The number of para-hydroxylation sites is 2. The number of hydrogen-bond acceptors (Lipinski definition) is 4. The number of ketones is 1. The number of hydrogen-bond donors (Lipinski definition) is 1. The van der Waals surface area contributed by atoms with Crippen LogP contribution in [0.15, 0.2) is 82.6 Å². The molecule has 1 aliphatic heterocycles. The fourth-order valence-electron chi connectivity index (χ4n) is 5.16. The summed E-state index contributed by atoms with van der Waals surface area (Å²) in [6.45, 7) is 6.37. The number of carbonyl (C=O) groups excluding carboxylic acids is 2. The number of carbonyl (C=O) groups is 2. The van der Waals surface area contributed by atoms with E-state index in [1.165, 1.54) is 30.0 Å². The van der Waals surface area contributed by atoms with E-state index in [1.807, 2.05) is 12.1 Å². The first-order valence-corrected chi connectivity index (χ1v) is 12.1. The number of furan rings is 1. The van der Waals surface area contributed by atoms with E-state index >= 15 is 0 Å². The van der Waals surface area contributed by atoms with Gasteiger partial charge in [0.2, 0.25) is 0 Å². The molecular formula is C29H27F3N2O3. The van der Waals surface area contributed by atoms with Gasteiger partial charge in [0.25, 0.3) is 0 Å². The number of rotatable bonds is 2. The Morgan fingerprint density at radius 1 is 0.973 bits per heavy atom. The number of nitrogens with zero attached hydrogens (tertiary/aromatic N) is 1. The van der Waals surface area contributed by atoms with Crippen LogP contribution in [0.2, 0.25) is 0 Å². The Morgan fingerprint density at radius 3 is 2.30 bits per heavy atom. The molecule has 1 aliphatic carbocycles. The maximum atomic E-state index is 13.9. The van der Waals surface area contributed by atoms with E-state index in [0.717, 1.165) is 5.56 Å². The van der Waals surface area contributed by atoms with Crippen molar-refractivity contribution in [2.75, 3.05) is 10.2 Å². The Labute approximate surface area is 213 Å². The second-order valence-electron chi connectivity index (χ2n) is 10.5. The van der Waals surface area contributed by atoms with Crippen molar-refractivity contribution >= 4 is 23.1 Å². The van der Waals surface area contributed by atoms with Gasteiger partial charge in [-0.2, -0.15) is 13.2 Å². The van der Waals surface area contributed by atoms with Crippen LogP contribution in [0.4, 0.5) is 24.5 Å². The van der Waals surface area contributed by atoms with Gasteiger partial charge in [0.15, 0.2) is 5.78 Å². The van der Waals surface area contributed by atoms with Crippen molar-refractivity contribution in [2.45, 2.75) is 57.2 Å². The summed E-state index contributed by atoms with van der Waals surface area (Å²) < 4.78 is 47.1. The summed E-state index contributed by atoms with van der Waals surface area (Å²) in [6, 6.07) is 16.1. The highest BCUT2D eigenvalue weighted by molar-refractivity contribution is 6.07. The summed E-state index contributed by atoms with van der Waals surface area (Å²) in [5.74, 6) is -2.47. The van der Waals surface area contributed by atoms with Gasteiger partial charge < -0.3 is 9.73 Å². The van der Waals surface area contributed by atoms with Gasteiger partial charge in [-0.15, -0.1) is 0 Å². The molecule has 8 heteroatoms. The van der Waals surface area contributed by atoms with Crippen molar-refractivity contribution in [2.24, 2.45) is 0 Å². The minimum Gasteiger partial charge on any atom is -0.467 e. The first-order chi connectivity index (χ1) is 17.4. The van der Waals surface area contributed by atoms with E-state index < -0.39 is 18.1 Å². The monoisotopic (exact) mass is 508 g/mol. The highest BCUT2D eigenvalue weighted by Crippen LogP contribution is 2.48. The third-order valence-electron chi connectivity index (χ3n) is 7.01. The molecule has 2 heterocycles. The Kier molecular flexibility index (Phi) is 6.01. The summed E-state index contributed by atoms with van der Waals surface area (Å²) in [5.41, 5.74) is 3.08. The molecule has 1 amide bonds. The van der Waals surface area contributed by atoms with Gasteiger partial charge in [0.05, 0.1) is 17.6 Å². The molecule has 0 radical (unpaired) electrons. The number of nitrogens with one attached hydrogen (secondary N) is 1. The minimum atomic E-state index is -5.15. The lowest BCUT2D eigenvalue weighted by molar-refractivity contribution is -0.171. The van der Waals surface area contributed by atoms with Crippen molar-refractivity contribution in [3.63, 3.8) is 0 Å². The smallest absolute Gasteiger partial charge is 0.467 e. The number of fused-ring (bicyclic) bond motifs is 1. The predicted octanol–water partition coefficient (Wildman–Crippen LogP) is 7.04. The number of benzene rings is 2. The number of amides is 1. The fourth-order valence-corrected chi connectivity index (χ4v) is 5.16. The van der Waals surface area contributed by atoms with Crippen LogP contribution in [0.25, 0.3) is 0 Å². The second-order valence-corrected chi connectivity index (χ2v) is 10.5. The largest absolute Gasteiger partial charge is 0.471 e. The van der Waals surface area contributed by atoms with Crippen molar-refractivity contribution in [3.05, 3.63) is 95.1 Å². The lowest BCUT2D eigenvalue weighted by Gasteiger charge is -2.34. The topological polar surface area (TPSA) is 62.6 Å². The van der Waals surface area contributed by atoms with Gasteiger partial charge >= 0.3 is 12.1 Å². The predicted molar refractivity (Wildman–Crippen MR) is 134 cm³/mol. The zero-order valence-corrected chi connectivity index (χ0v) is 20.7. The molecule has 2 aliphatic rings. The van der Waals surface area contributed by atoms with Crippen LogP contribution < -0.4 is 10.2 Å². The van der Waals surface area contributed by atoms with E-state index in [4.69, 9.17) is 4.42 Å². The summed E-state index contributed by atoms with van der Waals surface area (Å²) in [4.78, 5) is 27.2. The number of halogens is 3. The molecule has 0 spiro atoms. The van der Waals surface area contributed by atoms with Crippen LogP contribution in [0.5, 0.6) is 0 Å². The van der Waals surface area contributed by atoms with E-state index in [2.05, 4.69) is 38.2 Å². The van der Waals surface area contributed by atoms with Crippen LogP contribution in [0.1, 0.15) is 62.5 Å². The molecule has 0 fully saturated rings. The molecule has 0 saturated heterocycles. The third kappa shape index (κ3) is 4.56. The zero-order valence-electron chi connectivity index (χ0n) is 20.7. The zero-order chi connectivity index (χ0) is 26.5. The van der Waals surface area contributed by atoms with Crippen LogP contribution in [-0.4, -0.2) is 17.9 Å². The lowest BCUT2D eigenvalue weighted by atomic mass is 9.78. The number of allylic oxidation sites excluding steroid dienone is 1. The summed E-state index contributed by atoms with van der Waals surface area (Å²) in [6.07, 6.45) is -3.33. The van der Waals surface area contributed by atoms with E-state index in [9.17, 15) is 22.8 Å². The van der Waals surface area contributed by atoms with E-state index in [-0.39, 0.29) is 40.6 Å². The van der Waals surface area contributed by atoms with Crippen LogP contribution >= 0.6 is 0 Å². The number of alkyl halides is 3. The summed E-state index contributed by atoms with van der Waals surface area (Å²) >= 11 is 0. The molecule has 0 unspecified atom stereocenters. The van der Waals surface area contributed by atoms with Crippen molar-refractivity contribution in [1.82, 2.24) is 0 Å². The standard InChI is InChI=1S/C29H27F3N2O3/c1-28(2,3)19-12-10-17(11-13-19)18-15-21-25(23(35)16-18)26(24-9-6-14-37-24)34(27(36)29(30,31)32)22-8-5-4-7-20(22)33-21/h4-14,18,26,33H,15-16H2,1-3H3/t18-,26-/m1/s1. The molecule has 5 rings (SSSR count). The Morgan fingerprint density at radius 2 is 1.68 bits per heavy atom. The first kappa shape index (κ1) is 24.9. The van der Waals surface area contributed by atoms with Crippen LogP contribution in [-0.2, 0) is 15.0 Å². The van der Waals surface area contributed by atoms with Crippen molar-refractivity contribution in [1.29, 1.82) is 0 Å². The highest BCUT2D eigenvalue weighted by Gasteiger charge is 2.50. The first-order valence-electron chi connectivity index (χ1n) is 12.1. The number of anilines is 2. The molecule has 0 bridgehead atoms. The Balaban J connectivity index is 1.64. The van der Waals surface area contributed by atoms with E-state index in [1.54, 1.807) is 18.2 Å². The average molecular weight is 509 g/mol. The average Bonchev–Trinajstić information content (AvgIpc) is 3.32. The quantitative estimate of drug-likeness (QED) is 0.403. The Hall–Kier alpha value is -3.81. The molecule has 192 valence electrons. The van der Waals surface area contributed by atoms with E-state index in [0.29, 0.717) is 22.7 Å². The summed E-state index contributed by atoms with van der Waals surface area (Å²) in [5, 5.41) is 3.21. The van der Waals surface area contributed by atoms with Crippen LogP contribution in [0, 0.1) is 0 Å². The van der Waals surface area contributed by atoms with Gasteiger partial charge in [-0.1, -0.05) is 57.2 Å². The van der Waals surface area contributed by atoms with Gasteiger partial charge in [0, 0.05) is 17.7 Å². The fraction of sp³-hybridized carbons (Fsp3) is 0.310. The second kappa shape index (κ2) is 8.94. The molecule has 1 aromatic heterocycles. The maximum absolute atomic E-state index is 13.9. The minimum absolute atomic E-state index is 0.0199. The normalized spacial score (nSPS) is 20.2. The van der Waals surface area contributed by atoms with Crippen LogP contribution in [0.3, 0.4) is 0 Å².